The second-order valence-electron chi connectivity index (χ2n) is 5.58. The average Bonchev–Trinajstić information content (AvgIpc) is 2.18. The van der Waals surface area contributed by atoms with Crippen molar-refractivity contribution in [3.63, 3.8) is 0 Å². The third kappa shape index (κ3) is 3.65. The molecule has 17 heavy (non-hydrogen) atoms. The maximum Gasteiger partial charge on any atom is 0.0728 e. The SMILES string of the molecule is CC1(C)CC(Cc2ccc(Br)cn2)=CC(O)C1. The molecule has 1 aliphatic carbocycles. The van der Waals surface area contributed by atoms with Gasteiger partial charge in [0, 0.05) is 22.8 Å². The highest BCUT2D eigenvalue weighted by Crippen LogP contribution is 2.36. The molecule has 0 amide bonds. The summed E-state index contributed by atoms with van der Waals surface area (Å²) in [6, 6.07) is 4.03. The predicted molar refractivity (Wildman–Crippen MR) is 72.7 cm³/mol. The zero-order valence-corrected chi connectivity index (χ0v) is 11.9. The van der Waals surface area contributed by atoms with Crippen molar-refractivity contribution in [1.29, 1.82) is 0 Å². The number of pyridine rings is 1. The quantitative estimate of drug-likeness (QED) is 0.847. The van der Waals surface area contributed by atoms with E-state index < -0.39 is 0 Å². The summed E-state index contributed by atoms with van der Waals surface area (Å²) in [6.45, 7) is 4.41. The van der Waals surface area contributed by atoms with E-state index in [0.717, 1.165) is 29.4 Å². The van der Waals surface area contributed by atoms with E-state index in [0.29, 0.717) is 0 Å². The van der Waals surface area contributed by atoms with Gasteiger partial charge in [-0.05, 0) is 46.3 Å². The first-order valence-electron chi connectivity index (χ1n) is 5.93. The fraction of sp³-hybridized carbons (Fsp3) is 0.500. The van der Waals surface area contributed by atoms with E-state index in [2.05, 4.69) is 34.8 Å². The Balaban J connectivity index is 2.11. The van der Waals surface area contributed by atoms with E-state index in [1.165, 1.54) is 5.57 Å². The first-order chi connectivity index (χ1) is 7.94. The number of rotatable bonds is 2. The molecule has 0 fully saturated rings. The van der Waals surface area contributed by atoms with Crippen LogP contribution >= 0.6 is 15.9 Å². The van der Waals surface area contributed by atoms with Crippen LogP contribution in [0.1, 0.15) is 32.4 Å². The number of aromatic nitrogens is 1. The topological polar surface area (TPSA) is 33.1 Å². The number of hydrogen-bond donors (Lipinski definition) is 1. The van der Waals surface area contributed by atoms with Crippen LogP contribution in [0.5, 0.6) is 0 Å². The summed E-state index contributed by atoms with van der Waals surface area (Å²) in [5, 5.41) is 9.83. The fourth-order valence-corrected chi connectivity index (χ4v) is 2.74. The molecule has 2 rings (SSSR count). The van der Waals surface area contributed by atoms with Crippen molar-refractivity contribution in [3.05, 3.63) is 40.1 Å². The summed E-state index contributed by atoms with van der Waals surface area (Å²) >= 11 is 3.38. The van der Waals surface area contributed by atoms with Crippen molar-refractivity contribution in [1.82, 2.24) is 4.98 Å². The molecule has 0 saturated carbocycles. The van der Waals surface area contributed by atoms with E-state index in [-0.39, 0.29) is 11.5 Å². The molecular formula is C14H18BrNO. The maximum atomic E-state index is 9.83. The minimum atomic E-state index is -0.302. The van der Waals surface area contributed by atoms with E-state index >= 15 is 0 Å². The number of allylic oxidation sites excluding steroid dienone is 1. The average molecular weight is 296 g/mol. The Hall–Kier alpha value is -0.670. The second-order valence-corrected chi connectivity index (χ2v) is 6.50. The Morgan fingerprint density at radius 2 is 2.24 bits per heavy atom. The van der Waals surface area contributed by atoms with Gasteiger partial charge in [0.15, 0.2) is 0 Å². The molecule has 1 atom stereocenters. The van der Waals surface area contributed by atoms with Crippen LogP contribution in [0.4, 0.5) is 0 Å². The summed E-state index contributed by atoms with van der Waals surface area (Å²) in [7, 11) is 0. The van der Waals surface area contributed by atoms with Crippen molar-refractivity contribution < 1.29 is 5.11 Å². The molecule has 0 radical (unpaired) electrons. The Morgan fingerprint density at radius 1 is 1.47 bits per heavy atom. The number of aliphatic hydroxyl groups excluding tert-OH is 1. The van der Waals surface area contributed by atoms with Crippen LogP contribution in [0.2, 0.25) is 0 Å². The van der Waals surface area contributed by atoms with Gasteiger partial charge in [0.25, 0.3) is 0 Å². The van der Waals surface area contributed by atoms with Gasteiger partial charge in [-0.1, -0.05) is 25.5 Å². The molecule has 0 aliphatic heterocycles. The molecule has 1 N–H and O–H groups in total. The molecule has 0 aromatic carbocycles. The van der Waals surface area contributed by atoms with Crippen LogP contribution in [-0.2, 0) is 6.42 Å². The first-order valence-corrected chi connectivity index (χ1v) is 6.72. The predicted octanol–water partition coefficient (Wildman–Crippen LogP) is 3.49. The minimum Gasteiger partial charge on any atom is -0.389 e. The Labute approximate surface area is 111 Å². The highest BCUT2D eigenvalue weighted by molar-refractivity contribution is 9.10. The van der Waals surface area contributed by atoms with Crippen LogP contribution < -0.4 is 0 Å². The van der Waals surface area contributed by atoms with Gasteiger partial charge in [0.1, 0.15) is 0 Å². The third-order valence-electron chi connectivity index (χ3n) is 3.09. The van der Waals surface area contributed by atoms with Crippen molar-refractivity contribution >= 4 is 15.9 Å². The molecule has 1 aromatic heterocycles. The van der Waals surface area contributed by atoms with Crippen molar-refractivity contribution in [3.8, 4) is 0 Å². The molecule has 1 aromatic rings. The fourth-order valence-electron chi connectivity index (χ4n) is 2.51. The smallest absolute Gasteiger partial charge is 0.0728 e. The molecule has 3 heteroatoms. The molecule has 92 valence electrons. The third-order valence-corrected chi connectivity index (χ3v) is 3.56. The van der Waals surface area contributed by atoms with Gasteiger partial charge in [-0.15, -0.1) is 0 Å². The van der Waals surface area contributed by atoms with Gasteiger partial charge in [0.05, 0.1) is 6.10 Å². The molecule has 0 saturated heterocycles. The lowest BCUT2D eigenvalue weighted by atomic mass is 9.75. The second kappa shape index (κ2) is 4.91. The minimum absolute atomic E-state index is 0.193. The van der Waals surface area contributed by atoms with Gasteiger partial charge < -0.3 is 5.11 Å². The lowest BCUT2D eigenvalue weighted by Crippen LogP contribution is -2.25. The zero-order valence-electron chi connectivity index (χ0n) is 10.3. The largest absolute Gasteiger partial charge is 0.389 e. The van der Waals surface area contributed by atoms with Crippen LogP contribution in [-0.4, -0.2) is 16.2 Å². The number of hydrogen-bond acceptors (Lipinski definition) is 2. The maximum absolute atomic E-state index is 9.83. The van der Waals surface area contributed by atoms with Gasteiger partial charge in [0.2, 0.25) is 0 Å². The van der Waals surface area contributed by atoms with Gasteiger partial charge in [-0.2, -0.15) is 0 Å². The van der Waals surface area contributed by atoms with Gasteiger partial charge >= 0.3 is 0 Å². The van der Waals surface area contributed by atoms with E-state index in [1.54, 1.807) is 0 Å². The van der Waals surface area contributed by atoms with Crippen LogP contribution in [0, 0.1) is 5.41 Å². The van der Waals surface area contributed by atoms with E-state index in [4.69, 9.17) is 0 Å². The van der Waals surface area contributed by atoms with Crippen LogP contribution in [0.25, 0.3) is 0 Å². The Morgan fingerprint density at radius 3 is 2.82 bits per heavy atom. The first kappa shape index (κ1) is 12.8. The standard InChI is InChI=1S/C14H18BrNO/c1-14(2)7-10(6-13(17)8-14)5-12-4-3-11(15)9-16-12/h3-4,6,9,13,17H,5,7-8H2,1-2H3. The summed E-state index contributed by atoms with van der Waals surface area (Å²) in [6.07, 6.45) is 6.25. The van der Waals surface area contributed by atoms with Crippen LogP contribution in [0.15, 0.2) is 34.5 Å². The molecular weight excluding hydrogens is 278 g/mol. The highest BCUT2D eigenvalue weighted by atomic mass is 79.9. The Kier molecular flexibility index (Phi) is 3.69. The molecule has 1 aliphatic rings. The van der Waals surface area contributed by atoms with Gasteiger partial charge in [-0.25, -0.2) is 0 Å². The van der Waals surface area contributed by atoms with Crippen molar-refractivity contribution in [2.24, 2.45) is 5.41 Å². The summed E-state index contributed by atoms with van der Waals surface area (Å²) < 4.78 is 0.999. The van der Waals surface area contributed by atoms with Crippen LogP contribution in [0.3, 0.4) is 0 Å². The summed E-state index contributed by atoms with van der Waals surface area (Å²) in [4.78, 5) is 4.38. The van der Waals surface area contributed by atoms with Crippen molar-refractivity contribution in [2.45, 2.75) is 39.2 Å². The highest BCUT2D eigenvalue weighted by Gasteiger charge is 2.27. The molecule has 1 heterocycles. The van der Waals surface area contributed by atoms with Crippen molar-refractivity contribution in [2.75, 3.05) is 0 Å². The van der Waals surface area contributed by atoms with E-state index in [9.17, 15) is 5.11 Å². The van der Waals surface area contributed by atoms with Gasteiger partial charge in [-0.3, -0.25) is 4.98 Å². The Bertz CT molecular complexity index is 422. The summed E-state index contributed by atoms with van der Waals surface area (Å²) in [5.41, 5.74) is 2.55. The number of halogens is 1. The lowest BCUT2D eigenvalue weighted by Gasteiger charge is -2.32. The normalized spacial score (nSPS) is 23.3. The number of nitrogens with zero attached hydrogens (tertiary/aromatic N) is 1. The molecule has 0 spiro atoms. The number of aliphatic hydroxyl groups is 1. The molecule has 2 nitrogen and oxygen atoms in total. The summed E-state index contributed by atoms with van der Waals surface area (Å²) in [5.74, 6) is 0. The lowest BCUT2D eigenvalue weighted by molar-refractivity contribution is 0.138. The monoisotopic (exact) mass is 295 g/mol. The molecule has 1 unspecified atom stereocenters. The molecule has 0 bridgehead atoms. The zero-order chi connectivity index (χ0) is 12.5. The van der Waals surface area contributed by atoms with E-state index in [1.807, 2.05) is 24.4 Å².